The molecule has 0 amide bonds. The van der Waals surface area contributed by atoms with E-state index in [0.29, 0.717) is 6.42 Å². The summed E-state index contributed by atoms with van der Waals surface area (Å²) in [5, 5.41) is 12.0. The first-order chi connectivity index (χ1) is 15.8. The van der Waals surface area contributed by atoms with Gasteiger partial charge in [0, 0.05) is 12.3 Å². The van der Waals surface area contributed by atoms with Crippen molar-refractivity contribution >= 4 is 24.5 Å². The smallest absolute Gasteiger partial charge is 0.261 e. The lowest BCUT2D eigenvalue weighted by Gasteiger charge is -2.46. The van der Waals surface area contributed by atoms with Gasteiger partial charge < -0.3 is 9.16 Å². The van der Waals surface area contributed by atoms with Crippen molar-refractivity contribution in [1.82, 2.24) is 0 Å². The van der Waals surface area contributed by atoms with Gasteiger partial charge in [-0.05, 0) is 34.7 Å². The highest BCUT2D eigenvalue weighted by atomic mass is 28.4. The van der Waals surface area contributed by atoms with E-state index < -0.39 is 14.4 Å². The van der Waals surface area contributed by atoms with E-state index in [0.717, 1.165) is 6.42 Å². The first kappa shape index (κ1) is 23.6. The quantitative estimate of drug-likeness (QED) is 0.475. The standard InChI is InChI=1S/C28H33NO3Si/c1-20(30)17-26-25-18-21(15-16-24(25)27(19-29)31-26)32-33(28(2,3)4,22-11-7-5-8-12-22)23-13-9-6-10-14-23/h5-16,21,24-27H,17-18H2,1-4H3/t21-,24+,25-,26+,27-/m0/s1. The molecule has 1 aliphatic carbocycles. The average molecular weight is 460 g/mol. The molecule has 2 aliphatic rings. The Morgan fingerprint density at radius 1 is 1.06 bits per heavy atom. The lowest BCUT2D eigenvalue weighted by molar-refractivity contribution is -0.119. The maximum absolute atomic E-state index is 11.9. The molecule has 2 aromatic rings. The molecule has 1 heterocycles. The van der Waals surface area contributed by atoms with Gasteiger partial charge in [-0.25, -0.2) is 0 Å². The molecule has 2 aromatic carbocycles. The van der Waals surface area contributed by atoms with Crippen LogP contribution in [0.15, 0.2) is 72.8 Å². The molecule has 5 atom stereocenters. The second-order valence-corrected chi connectivity index (χ2v) is 14.6. The van der Waals surface area contributed by atoms with E-state index >= 15 is 0 Å². The number of nitrogens with zero attached hydrogens (tertiary/aromatic N) is 1. The highest BCUT2D eigenvalue weighted by molar-refractivity contribution is 6.99. The highest BCUT2D eigenvalue weighted by Gasteiger charge is 2.53. The molecule has 172 valence electrons. The number of ketones is 1. The van der Waals surface area contributed by atoms with Crippen molar-refractivity contribution in [3.05, 3.63) is 72.8 Å². The topological polar surface area (TPSA) is 59.3 Å². The Morgan fingerprint density at radius 2 is 1.64 bits per heavy atom. The lowest BCUT2D eigenvalue weighted by Crippen LogP contribution is -2.67. The SMILES string of the molecule is CC(=O)C[C@H]1O[C@@H](C#N)[C@@H]2C=C[C@H](O[Si](c3ccccc3)(c3ccccc3)C(C)(C)C)C[C@@H]21. The van der Waals surface area contributed by atoms with Crippen molar-refractivity contribution in [2.24, 2.45) is 11.8 Å². The van der Waals surface area contributed by atoms with Gasteiger partial charge in [0.1, 0.15) is 5.78 Å². The second-order valence-electron chi connectivity index (χ2n) is 10.3. The van der Waals surface area contributed by atoms with Gasteiger partial charge in [-0.15, -0.1) is 0 Å². The number of hydrogen-bond donors (Lipinski definition) is 0. The Labute approximate surface area is 198 Å². The number of carbonyl (C=O) groups excluding carboxylic acids is 1. The summed E-state index contributed by atoms with van der Waals surface area (Å²) in [5.74, 6) is 0.210. The molecule has 0 bridgehead atoms. The molecule has 5 heteroatoms. The third-order valence-corrected chi connectivity index (χ3v) is 12.1. The van der Waals surface area contributed by atoms with Gasteiger partial charge in [-0.1, -0.05) is 93.6 Å². The van der Waals surface area contributed by atoms with Crippen molar-refractivity contribution < 1.29 is 14.0 Å². The average Bonchev–Trinajstić information content (AvgIpc) is 3.14. The van der Waals surface area contributed by atoms with Gasteiger partial charge >= 0.3 is 0 Å². The molecule has 4 rings (SSSR count). The van der Waals surface area contributed by atoms with Crippen molar-refractivity contribution in [2.45, 2.75) is 63.9 Å². The van der Waals surface area contributed by atoms with E-state index in [1.165, 1.54) is 10.4 Å². The summed E-state index contributed by atoms with van der Waals surface area (Å²) < 4.78 is 13.3. The maximum Gasteiger partial charge on any atom is 0.261 e. The number of benzene rings is 2. The molecule has 4 nitrogen and oxygen atoms in total. The number of hydrogen-bond acceptors (Lipinski definition) is 4. The molecule has 0 N–H and O–H groups in total. The number of carbonyl (C=O) groups is 1. The number of ether oxygens (including phenoxy) is 1. The van der Waals surface area contributed by atoms with Gasteiger partial charge in [0.25, 0.3) is 8.32 Å². The largest absolute Gasteiger partial charge is 0.401 e. The molecule has 1 fully saturated rings. The maximum atomic E-state index is 11.9. The van der Waals surface area contributed by atoms with E-state index in [1.54, 1.807) is 6.92 Å². The van der Waals surface area contributed by atoms with Gasteiger partial charge in [-0.2, -0.15) is 5.26 Å². The Hall–Kier alpha value is -2.52. The summed E-state index contributed by atoms with van der Waals surface area (Å²) in [6.45, 7) is 8.42. The minimum absolute atomic E-state index is 0.0124. The third kappa shape index (κ3) is 4.48. The summed E-state index contributed by atoms with van der Waals surface area (Å²) in [6.07, 6.45) is 4.50. The molecule has 0 aromatic heterocycles. The molecular formula is C28H33NO3Si. The Balaban J connectivity index is 1.74. The van der Waals surface area contributed by atoms with Crippen molar-refractivity contribution in [1.29, 1.82) is 5.26 Å². The van der Waals surface area contributed by atoms with Crippen molar-refractivity contribution in [2.75, 3.05) is 0 Å². The van der Waals surface area contributed by atoms with E-state index in [1.807, 2.05) is 12.1 Å². The highest BCUT2D eigenvalue weighted by Crippen LogP contribution is 2.44. The first-order valence-corrected chi connectivity index (χ1v) is 13.7. The van der Waals surface area contributed by atoms with Gasteiger partial charge in [-0.3, -0.25) is 4.79 Å². The van der Waals surface area contributed by atoms with Crippen molar-refractivity contribution in [3.8, 4) is 6.07 Å². The van der Waals surface area contributed by atoms with Gasteiger partial charge in [0.05, 0.1) is 18.3 Å². The van der Waals surface area contributed by atoms with Crippen LogP contribution in [0.2, 0.25) is 5.04 Å². The minimum Gasteiger partial charge on any atom is -0.401 e. The fourth-order valence-corrected chi connectivity index (χ4v) is 10.3. The number of fused-ring (bicyclic) bond motifs is 1. The van der Waals surface area contributed by atoms with Crippen molar-refractivity contribution in [3.63, 3.8) is 0 Å². The van der Waals surface area contributed by atoms with E-state index in [-0.39, 0.29) is 34.9 Å². The Kier molecular flexibility index (Phi) is 6.72. The van der Waals surface area contributed by atoms with Crippen LogP contribution in [0.25, 0.3) is 0 Å². The second kappa shape index (κ2) is 9.38. The Morgan fingerprint density at radius 3 is 2.12 bits per heavy atom. The molecule has 0 unspecified atom stereocenters. The molecule has 0 saturated carbocycles. The van der Waals surface area contributed by atoms with Crippen LogP contribution in [0.3, 0.4) is 0 Å². The van der Waals surface area contributed by atoms with Crippen LogP contribution < -0.4 is 10.4 Å². The summed E-state index contributed by atoms with van der Waals surface area (Å²) in [4.78, 5) is 11.9. The fourth-order valence-electron chi connectivity index (χ4n) is 5.61. The fraction of sp³-hybridized carbons (Fsp3) is 0.429. The monoisotopic (exact) mass is 459 g/mol. The Bertz CT molecular complexity index is 999. The summed E-state index contributed by atoms with van der Waals surface area (Å²) in [5.41, 5.74) is 0. The zero-order valence-corrected chi connectivity index (χ0v) is 20.9. The molecule has 1 saturated heterocycles. The molecular weight excluding hydrogens is 426 g/mol. The van der Waals surface area contributed by atoms with E-state index in [9.17, 15) is 10.1 Å². The third-order valence-electron chi connectivity index (χ3n) is 7.06. The van der Waals surface area contributed by atoms with Crippen LogP contribution in [0, 0.1) is 23.2 Å². The number of rotatable bonds is 6. The van der Waals surface area contributed by atoms with Gasteiger partial charge in [0.15, 0.2) is 6.10 Å². The van der Waals surface area contributed by atoms with Crippen LogP contribution in [0.4, 0.5) is 0 Å². The summed E-state index contributed by atoms with van der Waals surface area (Å²) >= 11 is 0. The molecule has 0 radical (unpaired) electrons. The molecule has 33 heavy (non-hydrogen) atoms. The van der Waals surface area contributed by atoms with Crippen LogP contribution in [-0.4, -0.2) is 32.4 Å². The number of Topliss-reactive ketones (excluding diaryl/α,β-unsaturated/α-hetero) is 1. The first-order valence-electron chi connectivity index (χ1n) is 11.8. The normalized spacial score (nSPS) is 27.1. The van der Waals surface area contributed by atoms with Crippen LogP contribution >= 0.6 is 0 Å². The predicted octanol–water partition coefficient (Wildman–Crippen LogP) is 4.39. The van der Waals surface area contributed by atoms with E-state index in [4.69, 9.17) is 9.16 Å². The summed E-state index contributed by atoms with van der Waals surface area (Å²) in [6, 6.07) is 23.5. The number of nitriles is 1. The zero-order chi connectivity index (χ0) is 23.6. The summed E-state index contributed by atoms with van der Waals surface area (Å²) in [7, 11) is -2.68. The molecule has 0 spiro atoms. The lowest BCUT2D eigenvalue weighted by atomic mass is 9.78. The van der Waals surface area contributed by atoms with E-state index in [2.05, 4.69) is 87.5 Å². The van der Waals surface area contributed by atoms with Crippen LogP contribution in [-0.2, 0) is 14.0 Å². The van der Waals surface area contributed by atoms with Crippen LogP contribution in [0.5, 0.6) is 0 Å². The predicted molar refractivity (Wildman–Crippen MR) is 133 cm³/mol. The van der Waals surface area contributed by atoms with Crippen LogP contribution in [0.1, 0.15) is 40.5 Å². The minimum atomic E-state index is -2.68. The van der Waals surface area contributed by atoms with Gasteiger partial charge in [0.2, 0.25) is 0 Å². The molecule has 1 aliphatic heterocycles. The zero-order valence-electron chi connectivity index (χ0n) is 19.9.